The van der Waals surface area contributed by atoms with E-state index in [-0.39, 0.29) is 29.5 Å². The van der Waals surface area contributed by atoms with Crippen LogP contribution in [0.4, 0.5) is 0 Å². The zero-order chi connectivity index (χ0) is 29.8. The second-order valence-electron chi connectivity index (χ2n) is 11.6. The monoisotopic (exact) mass is 569 g/mol. The summed E-state index contributed by atoms with van der Waals surface area (Å²) >= 11 is 1.45. The molecule has 1 saturated heterocycles. The van der Waals surface area contributed by atoms with E-state index < -0.39 is 46.3 Å². The predicted molar refractivity (Wildman–Crippen MR) is 155 cm³/mol. The first-order valence-electron chi connectivity index (χ1n) is 13.2. The quantitative estimate of drug-likeness (QED) is 0.329. The van der Waals surface area contributed by atoms with Gasteiger partial charge in [-0.3, -0.25) is 19.2 Å². The van der Waals surface area contributed by atoms with Crippen LogP contribution in [0.25, 0.3) is 0 Å². The van der Waals surface area contributed by atoms with Crippen LogP contribution >= 0.6 is 11.8 Å². The molecule has 3 rings (SSSR count). The van der Waals surface area contributed by atoms with Crippen molar-refractivity contribution in [2.24, 2.45) is 0 Å². The van der Waals surface area contributed by atoms with Gasteiger partial charge in [0.15, 0.2) is 6.10 Å². The molecule has 0 saturated carbocycles. The highest BCUT2D eigenvalue weighted by atomic mass is 32.2. The highest BCUT2D eigenvalue weighted by molar-refractivity contribution is 8.00. The van der Waals surface area contributed by atoms with Crippen LogP contribution in [0, 0.1) is 6.92 Å². The molecule has 1 fully saturated rings. The number of rotatable bonds is 8. The van der Waals surface area contributed by atoms with Gasteiger partial charge in [0.05, 0.1) is 11.9 Å². The summed E-state index contributed by atoms with van der Waals surface area (Å²) in [6.45, 7) is 12.3. The van der Waals surface area contributed by atoms with Gasteiger partial charge >= 0.3 is 5.97 Å². The Morgan fingerprint density at radius 3 is 2.35 bits per heavy atom. The Kier molecular flexibility index (Phi) is 9.68. The number of carbonyl (C=O) groups excluding carboxylic acids is 4. The van der Waals surface area contributed by atoms with E-state index >= 15 is 0 Å². The number of carbonyl (C=O) groups is 4. The third-order valence-corrected chi connectivity index (χ3v) is 7.98. The molecule has 2 aromatic rings. The van der Waals surface area contributed by atoms with E-state index in [2.05, 4.69) is 10.6 Å². The Morgan fingerprint density at radius 2 is 1.75 bits per heavy atom. The number of nitrogens with one attached hydrogen (secondary N) is 2. The zero-order valence-corrected chi connectivity index (χ0v) is 24.9. The number of aliphatic hydroxyl groups is 1. The molecule has 10 heteroatoms. The van der Waals surface area contributed by atoms with Crippen molar-refractivity contribution in [3.8, 4) is 5.75 Å². The average Bonchev–Trinajstić information content (AvgIpc) is 3.18. The van der Waals surface area contributed by atoms with E-state index in [1.54, 1.807) is 25.1 Å². The van der Waals surface area contributed by atoms with Crippen molar-refractivity contribution in [1.29, 1.82) is 0 Å². The number of hydrogen-bond acceptors (Lipinski definition) is 7. The first-order chi connectivity index (χ1) is 18.6. The zero-order valence-electron chi connectivity index (χ0n) is 24.1. The van der Waals surface area contributed by atoms with Crippen LogP contribution in [0.3, 0.4) is 0 Å². The standard InChI is InChI=1S/C30H39N3O6S/c1-18-21(14-11-15-23(18)39-19(2)34)26(36)31-22(16-20-12-9-8-10-13-20)24(35)28(38)33-17-40-30(6,7)25(33)27(37)32-29(3,4)5/h8-15,22,24-25,35H,16-17H2,1-7H3,(H,31,36)(H,32,37)/t22-,24-,25+/m0/s1. The fraction of sp³-hybridized carbons (Fsp3) is 0.467. The predicted octanol–water partition coefficient (Wildman–Crippen LogP) is 3.22. The number of aliphatic hydroxyl groups excluding tert-OH is 1. The molecule has 3 atom stereocenters. The third-order valence-electron chi connectivity index (χ3n) is 6.61. The molecule has 1 heterocycles. The molecular weight excluding hydrogens is 530 g/mol. The molecule has 216 valence electrons. The van der Waals surface area contributed by atoms with Crippen molar-refractivity contribution >= 4 is 35.5 Å². The first-order valence-corrected chi connectivity index (χ1v) is 14.2. The van der Waals surface area contributed by atoms with Gasteiger partial charge in [0.25, 0.3) is 11.8 Å². The smallest absolute Gasteiger partial charge is 0.308 e. The Labute approximate surface area is 240 Å². The van der Waals surface area contributed by atoms with Crippen LogP contribution in [0.5, 0.6) is 5.75 Å². The molecule has 0 bridgehead atoms. The minimum Gasteiger partial charge on any atom is -0.426 e. The van der Waals surface area contributed by atoms with Gasteiger partial charge in [0.1, 0.15) is 11.8 Å². The lowest BCUT2D eigenvalue weighted by molar-refractivity contribution is -0.147. The molecule has 0 aliphatic carbocycles. The van der Waals surface area contributed by atoms with E-state index in [1.165, 1.54) is 23.6 Å². The Bertz CT molecular complexity index is 1260. The summed E-state index contributed by atoms with van der Waals surface area (Å²) in [5.41, 5.74) is 1.00. The minimum absolute atomic E-state index is 0.172. The molecule has 0 aromatic heterocycles. The average molecular weight is 570 g/mol. The topological polar surface area (TPSA) is 125 Å². The largest absolute Gasteiger partial charge is 0.426 e. The van der Waals surface area contributed by atoms with Crippen LogP contribution in [0.1, 0.15) is 63.0 Å². The Morgan fingerprint density at radius 1 is 1.10 bits per heavy atom. The second-order valence-corrected chi connectivity index (χ2v) is 13.2. The number of benzene rings is 2. The molecule has 9 nitrogen and oxygen atoms in total. The lowest BCUT2D eigenvalue weighted by Gasteiger charge is -2.35. The summed E-state index contributed by atoms with van der Waals surface area (Å²) in [6.07, 6.45) is -1.45. The summed E-state index contributed by atoms with van der Waals surface area (Å²) < 4.78 is 4.62. The van der Waals surface area contributed by atoms with Crippen LogP contribution in [0.2, 0.25) is 0 Å². The lowest BCUT2D eigenvalue weighted by Crippen LogP contribution is -2.60. The highest BCUT2D eigenvalue weighted by Gasteiger charge is 2.50. The fourth-order valence-electron chi connectivity index (χ4n) is 4.67. The molecular formula is C30H39N3O6S. The van der Waals surface area contributed by atoms with Gasteiger partial charge in [-0.25, -0.2) is 0 Å². The van der Waals surface area contributed by atoms with Crippen molar-refractivity contribution in [3.05, 3.63) is 65.2 Å². The summed E-state index contributed by atoms with van der Waals surface area (Å²) in [5, 5.41) is 17.2. The van der Waals surface area contributed by atoms with Gasteiger partial charge in [-0.05, 0) is 65.7 Å². The van der Waals surface area contributed by atoms with Gasteiger partial charge in [0.2, 0.25) is 5.91 Å². The van der Waals surface area contributed by atoms with Gasteiger partial charge < -0.3 is 25.4 Å². The number of nitrogens with zero attached hydrogens (tertiary/aromatic N) is 1. The first kappa shape index (κ1) is 31.2. The minimum atomic E-state index is -1.62. The second kappa shape index (κ2) is 12.4. The van der Waals surface area contributed by atoms with Crippen LogP contribution in [-0.2, 0) is 20.8 Å². The van der Waals surface area contributed by atoms with Crippen LogP contribution < -0.4 is 15.4 Å². The van der Waals surface area contributed by atoms with Gasteiger partial charge in [-0.15, -0.1) is 11.8 Å². The SMILES string of the molecule is CC(=O)Oc1cccc(C(=O)N[C@@H](Cc2ccccc2)[C@H](O)C(=O)N2CSC(C)(C)[C@H]2C(=O)NC(C)(C)C)c1C. The van der Waals surface area contributed by atoms with Crippen LogP contribution in [0.15, 0.2) is 48.5 Å². The normalized spacial score (nSPS) is 18.0. The summed E-state index contributed by atoms with van der Waals surface area (Å²) in [4.78, 5) is 53.4. The molecule has 3 N–H and O–H groups in total. The Hall–Kier alpha value is -3.37. The summed E-state index contributed by atoms with van der Waals surface area (Å²) in [6, 6.07) is 12.2. The van der Waals surface area contributed by atoms with Crippen molar-refractivity contribution in [2.75, 3.05) is 5.88 Å². The van der Waals surface area contributed by atoms with E-state index in [4.69, 9.17) is 4.74 Å². The van der Waals surface area contributed by atoms with E-state index in [9.17, 15) is 24.3 Å². The van der Waals surface area contributed by atoms with Crippen LogP contribution in [-0.4, -0.2) is 68.0 Å². The number of amides is 3. The third kappa shape index (κ3) is 7.63. The van der Waals surface area contributed by atoms with Crippen molar-refractivity contribution in [3.63, 3.8) is 0 Å². The van der Waals surface area contributed by atoms with Gasteiger partial charge in [-0.1, -0.05) is 36.4 Å². The number of esters is 1. The maximum Gasteiger partial charge on any atom is 0.308 e. The van der Waals surface area contributed by atoms with Gasteiger partial charge in [0, 0.05) is 28.3 Å². The van der Waals surface area contributed by atoms with E-state index in [0.717, 1.165) is 5.56 Å². The summed E-state index contributed by atoms with van der Waals surface area (Å²) in [7, 11) is 0. The highest BCUT2D eigenvalue weighted by Crippen LogP contribution is 2.40. The van der Waals surface area contributed by atoms with E-state index in [1.807, 2.05) is 65.0 Å². The molecule has 2 aromatic carbocycles. The molecule has 1 aliphatic rings. The van der Waals surface area contributed by atoms with Crippen molar-refractivity contribution in [1.82, 2.24) is 15.5 Å². The maximum atomic E-state index is 13.8. The number of hydrogen-bond donors (Lipinski definition) is 3. The lowest BCUT2D eigenvalue weighted by atomic mass is 9.96. The van der Waals surface area contributed by atoms with Gasteiger partial charge in [-0.2, -0.15) is 0 Å². The molecule has 0 spiro atoms. The number of thioether (sulfide) groups is 1. The summed E-state index contributed by atoms with van der Waals surface area (Å²) in [5.74, 6) is -1.51. The van der Waals surface area contributed by atoms with Crippen molar-refractivity contribution in [2.45, 2.75) is 83.4 Å². The molecule has 0 radical (unpaired) electrons. The Balaban J connectivity index is 1.91. The molecule has 1 aliphatic heterocycles. The molecule has 40 heavy (non-hydrogen) atoms. The molecule has 3 amide bonds. The molecule has 0 unspecified atom stereocenters. The fourth-order valence-corrected chi connectivity index (χ4v) is 5.81. The number of ether oxygens (including phenoxy) is 1. The maximum absolute atomic E-state index is 13.8. The van der Waals surface area contributed by atoms with E-state index in [0.29, 0.717) is 5.56 Å². The van der Waals surface area contributed by atoms with Crippen molar-refractivity contribution < 1.29 is 29.0 Å².